The van der Waals surface area contributed by atoms with Gasteiger partial charge >= 0.3 is 6.01 Å². The van der Waals surface area contributed by atoms with Crippen LogP contribution >= 0.6 is 11.6 Å². The molecule has 2 unspecified atom stereocenters. The number of hydrogen-bond acceptors (Lipinski definition) is 9. The zero-order valence-electron chi connectivity index (χ0n) is 25.6. The highest BCUT2D eigenvalue weighted by Crippen LogP contribution is 2.43. The summed E-state index contributed by atoms with van der Waals surface area (Å²) in [5.41, 5.74) is 3.03. The maximum atomic E-state index is 13.5. The Bertz CT molecular complexity index is 1570. The molecule has 2 atom stereocenters. The van der Waals surface area contributed by atoms with Crippen LogP contribution in [-0.2, 0) is 26.5 Å². The molecule has 2 N–H and O–H groups in total. The van der Waals surface area contributed by atoms with Gasteiger partial charge in [-0.15, -0.1) is 5.10 Å². The Hall–Kier alpha value is -3.94. The summed E-state index contributed by atoms with van der Waals surface area (Å²) in [6, 6.07) is 8.48. The molecule has 3 aromatic rings. The number of nitrogens with one attached hydrogen (secondary N) is 1. The fourth-order valence-electron chi connectivity index (χ4n) is 5.74. The summed E-state index contributed by atoms with van der Waals surface area (Å²) in [5, 5.41) is 22.4. The van der Waals surface area contributed by atoms with Gasteiger partial charge in [-0.2, -0.15) is 0 Å². The van der Waals surface area contributed by atoms with Gasteiger partial charge in [-0.25, -0.2) is 4.79 Å². The molecule has 1 aliphatic heterocycles. The fraction of sp³-hybridized carbons (Fsp3) is 0.455. The molecule has 0 saturated carbocycles. The van der Waals surface area contributed by atoms with Gasteiger partial charge in [0.05, 0.1) is 11.6 Å². The minimum atomic E-state index is -0.682. The van der Waals surface area contributed by atoms with Crippen molar-refractivity contribution in [3.63, 3.8) is 0 Å². The number of aromatic nitrogens is 2. The molecule has 2 aromatic carbocycles. The molecular weight excluding hydrogens is 568 g/mol. The maximum absolute atomic E-state index is 13.5. The summed E-state index contributed by atoms with van der Waals surface area (Å²) in [6.45, 7) is 11.4. The Balaban J connectivity index is 1.72. The van der Waals surface area contributed by atoms with Crippen molar-refractivity contribution < 1.29 is 23.9 Å². The highest BCUT2D eigenvalue weighted by Gasteiger charge is 2.39. The molecule has 1 aliphatic rings. The third kappa shape index (κ3) is 6.24. The zero-order chi connectivity index (χ0) is 31.5. The van der Waals surface area contributed by atoms with Gasteiger partial charge in [0, 0.05) is 46.2 Å². The van der Waals surface area contributed by atoms with E-state index in [2.05, 4.69) is 21.5 Å². The lowest BCUT2D eigenvalue weighted by molar-refractivity contribution is -0.127. The molecule has 0 bridgehead atoms. The van der Waals surface area contributed by atoms with E-state index in [4.69, 9.17) is 16.0 Å². The number of fused-ring (bicyclic) bond motifs is 1. The second kappa shape index (κ2) is 13.1. The molecule has 0 saturated heterocycles. The lowest BCUT2D eigenvalue weighted by atomic mass is 9.83. The SMILES string of the molecule is CCC(C)C(=O)C(CCC(C)=O)N1Cc2c(Cl)cc(C(CC)(CC)Nc3nnc(-c4cccc(O)c4C)o3)cc2C1=C=O. The van der Waals surface area contributed by atoms with E-state index in [0.717, 1.165) is 11.1 Å². The van der Waals surface area contributed by atoms with Gasteiger partial charge in [-0.1, -0.05) is 50.5 Å². The van der Waals surface area contributed by atoms with Gasteiger partial charge in [0.2, 0.25) is 5.89 Å². The quantitative estimate of drug-likeness (QED) is 0.200. The lowest BCUT2D eigenvalue weighted by Crippen LogP contribution is -2.40. The highest BCUT2D eigenvalue weighted by molar-refractivity contribution is 6.32. The van der Waals surface area contributed by atoms with E-state index < -0.39 is 11.6 Å². The summed E-state index contributed by atoms with van der Waals surface area (Å²) in [4.78, 5) is 39.6. The number of carbonyl (C=O) groups excluding carboxylic acids is 3. The van der Waals surface area contributed by atoms with Crippen LogP contribution in [0.25, 0.3) is 17.2 Å². The molecule has 0 radical (unpaired) electrons. The molecule has 4 rings (SSSR count). The number of benzene rings is 2. The van der Waals surface area contributed by atoms with Crippen LogP contribution in [0.2, 0.25) is 5.02 Å². The van der Waals surface area contributed by atoms with Gasteiger partial charge in [-0.05, 0) is 69.4 Å². The first-order chi connectivity index (χ1) is 20.5. The number of carbonyl (C=O) groups is 2. The second-order valence-corrected chi connectivity index (χ2v) is 11.7. The molecule has 0 fully saturated rings. The second-order valence-electron chi connectivity index (χ2n) is 11.3. The summed E-state index contributed by atoms with van der Waals surface area (Å²) >= 11 is 6.89. The predicted octanol–water partition coefficient (Wildman–Crippen LogP) is 6.87. The van der Waals surface area contributed by atoms with Crippen molar-refractivity contribution in [2.75, 3.05) is 5.32 Å². The van der Waals surface area contributed by atoms with E-state index in [1.54, 1.807) is 30.0 Å². The van der Waals surface area contributed by atoms with Gasteiger partial charge in [0.15, 0.2) is 11.7 Å². The number of hydrogen-bond donors (Lipinski definition) is 2. The van der Waals surface area contributed by atoms with Gasteiger partial charge in [0.1, 0.15) is 17.2 Å². The van der Waals surface area contributed by atoms with Crippen LogP contribution in [0.1, 0.15) is 89.0 Å². The topological polar surface area (TPSA) is 126 Å². The Morgan fingerprint density at radius 2 is 1.91 bits per heavy atom. The van der Waals surface area contributed by atoms with Crippen molar-refractivity contribution in [2.24, 2.45) is 5.92 Å². The highest BCUT2D eigenvalue weighted by atomic mass is 35.5. The summed E-state index contributed by atoms with van der Waals surface area (Å²) < 4.78 is 5.99. The average Bonchev–Trinajstić information content (AvgIpc) is 3.61. The molecule has 2 heterocycles. The third-order valence-electron chi connectivity index (χ3n) is 8.80. The van der Waals surface area contributed by atoms with Crippen molar-refractivity contribution in [2.45, 2.75) is 91.8 Å². The number of phenolic OH excluding ortho intramolecular Hbond substituents is 1. The van der Waals surface area contributed by atoms with Crippen molar-refractivity contribution in [3.8, 4) is 17.2 Å². The van der Waals surface area contributed by atoms with E-state index in [0.29, 0.717) is 47.4 Å². The smallest absolute Gasteiger partial charge is 0.316 e. The zero-order valence-corrected chi connectivity index (χ0v) is 26.3. The van der Waals surface area contributed by atoms with E-state index in [9.17, 15) is 19.5 Å². The fourth-order valence-corrected chi connectivity index (χ4v) is 6.02. The van der Waals surface area contributed by atoms with E-state index in [1.807, 2.05) is 39.8 Å². The van der Waals surface area contributed by atoms with Crippen LogP contribution in [0.15, 0.2) is 34.7 Å². The minimum Gasteiger partial charge on any atom is -0.508 e. The number of rotatable bonds is 13. The summed E-state index contributed by atoms with van der Waals surface area (Å²) in [7, 11) is 0. The van der Waals surface area contributed by atoms with Crippen LogP contribution in [0.4, 0.5) is 6.01 Å². The molecular formula is C33H39ClN4O5. The summed E-state index contributed by atoms with van der Waals surface area (Å²) in [5.74, 6) is 2.25. The first-order valence-corrected chi connectivity index (χ1v) is 15.2. The van der Waals surface area contributed by atoms with Gasteiger partial charge < -0.3 is 24.5 Å². The van der Waals surface area contributed by atoms with Gasteiger partial charge in [-0.3, -0.25) is 4.79 Å². The monoisotopic (exact) mass is 606 g/mol. The number of nitrogens with zero attached hydrogens (tertiary/aromatic N) is 3. The van der Waals surface area contributed by atoms with Crippen molar-refractivity contribution in [3.05, 3.63) is 57.6 Å². The molecule has 1 aromatic heterocycles. The normalized spacial score (nSPS) is 14.3. The number of Topliss-reactive ketones (excluding diaryl/α,β-unsaturated/α-hetero) is 2. The first kappa shape index (κ1) is 32.0. The molecule has 0 aliphatic carbocycles. The van der Waals surface area contributed by atoms with Crippen molar-refractivity contribution in [1.82, 2.24) is 15.1 Å². The number of anilines is 1. The Morgan fingerprint density at radius 3 is 2.53 bits per heavy atom. The molecule has 43 heavy (non-hydrogen) atoms. The molecule has 228 valence electrons. The van der Waals surface area contributed by atoms with Crippen LogP contribution in [0, 0.1) is 12.8 Å². The lowest BCUT2D eigenvalue weighted by Gasteiger charge is -2.33. The molecule has 9 nitrogen and oxygen atoms in total. The Labute approximate surface area is 257 Å². The summed E-state index contributed by atoms with van der Waals surface area (Å²) in [6.07, 6.45) is 2.45. The molecule has 10 heteroatoms. The Kier molecular flexibility index (Phi) is 9.78. The number of phenols is 1. The van der Waals surface area contributed by atoms with Gasteiger partial charge in [0.25, 0.3) is 0 Å². The largest absolute Gasteiger partial charge is 0.508 e. The van der Waals surface area contributed by atoms with Crippen LogP contribution in [-0.4, -0.2) is 43.8 Å². The standard InChI is InChI=1S/C33H39ClN4O5/c1-7-19(4)30(42)27(14-13-20(5)40)38-17-25-24(28(38)18-39)15-22(16-26(25)34)33(8-2,9-3)35-32-37-36-31(43-32)23-11-10-12-29(41)21(23)6/h10-12,15-16,19,27,41H,7-9,13-14,17H2,1-6H3,(H,35,37). The van der Waals surface area contributed by atoms with Crippen LogP contribution in [0.3, 0.4) is 0 Å². The van der Waals surface area contributed by atoms with Crippen molar-refractivity contribution in [1.29, 1.82) is 0 Å². The van der Waals surface area contributed by atoms with E-state index in [-0.39, 0.29) is 53.8 Å². The van der Waals surface area contributed by atoms with Crippen molar-refractivity contribution >= 4 is 40.8 Å². The molecule has 0 spiro atoms. The minimum absolute atomic E-state index is 0.00653. The number of ketones is 2. The van der Waals surface area contributed by atoms with Crippen LogP contribution < -0.4 is 5.32 Å². The first-order valence-electron chi connectivity index (χ1n) is 14.8. The van der Waals surface area contributed by atoms with E-state index >= 15 is 0 Å². The van der Waals surface area contributed by atoms with E-state index in [1.165, 1.54) is 6.92 Å². The molecule has 0 amide bonds. The predicted molar refractivity (Wildman–Crippen MR) is 166 cm³/mol. The third-order valence-corrected chi connectivity index (χ3v) is 9.14. The average molecular weight is 607 g/mol. The number of aromatic hydroxyl groups is 1. The maximum Gasteiger partial charge on any atom is 0.316 e. The number of halogens is 1. The van der Waals surface area contributed by atoms with Crippen LogP contribution in [0.5, 0.6) is 5.75 Å². The Morgan fingerprint density at radius 1 is 1.19 bits per heavy atom.